The van der Waals surface area contributed by atoms with Gasteiger partial charge < -0.3 is 9.88 Å². The molecule has 1 aliphatic rings. The molecule has 2 rings (SSSR count). The summed E-state index contributed by atoms with van der Waals surface area (Å²) in [6.07, 6.45) is 3.89. The van der Waals surface area contributed by atoms with Gasteiger partial charge in [-0.15, -0.1) is 0 Å². The first-order valence-corrected chi connectivity index (χ1v) is 7.15. The normalized spacial score (nSPS) is 17.8. The van der Waals surface area contributed by atoms with Gasteiger partial charge in [-0.2, -0.15) is 0 Å². The Hall–Kier alpha value is -0.590. The molecule has 0 bridgehead atoms. The van der Waals surface area contributed by atoms with Gasteiger partial charge >= 0.3 is 0 Å². The summed E-state index contributed by atoms with van der Waals surface area (Å²) in [4.78, 5) is 20.7. The molecule has 1 aromatic heterocycles. The summed E-state index contributed by atoms with van der Waals surface area (Å²) in [5, 5.41) is 0. The zero-order valence-corrected chi connectivity index (χ0v) is 12.4. The van der Waals surface area contributed by atoms with Gasteiger partial charge in [0.15, 0.2) is 0 Å². The maximum Gasteiger partial charge on any atom is 0.266 e. The molecular weight excluding hydrogens is 329 g/mol. The van der Waals surface area contributed by atoms with Crippen molar-refractivity contribution < 1.29 is 0 Å². The van der Waals surface area contributed by atoms with Crippen LogP contribution in [0.5, 0.6) is 0 Å². The number of anilines is 1. The third-order valence-electron chi connectivity index (χ3n) is 3.56. The average molecular weight is 347 g/mol. The third-order valence-corrected chi connectivity index (χ3v) is 4.53. The van der Waals surface area contributed by atoms with Gasteiger partial charge in [0.1, 0.15) is 9.39 Å². The number of hydrogen-bond donors (Lipinski definition) is 1. The highest BCUT2D eigenvalue weighted by atomic mass is 127. The Bertz CT molecular complexity index is 436. The zero-order valence-electron chi connectivity index (χ0n) is 10.2. The maximum atomic E-state index is 11.5. The quantitative estimate of drug-likeness (QED) is 0.835. The minimum atomic E-state index is -0.0402. The van der Waals surface area contributed by atoms with Gasteiger partial charge in [-0.1, -0.05) is 13.8 Å². The number of hydrogen-bond acceptors (Lipinski definition) is 3. The number of halogens is 1. The van der Waals surface area contributed by atoms with E-state index in [9.17, 15) is 4.79 Å². The van der Waals surface area contributed by atoms with E-state index in [0.717, 1.165) is 30.7 Å². The number of piperidine rings is 1. The van der Waals surface area contributed by atoms with Crippen molar-refractivity contribution in [1.29, 1.82) is 0 Å². The van der Waals surface area contributed by atoms with Crippen LogP contribution in [0.25, 0.3) is 0 Å². The number of rotatable bonds is 2. The lowest BCUT2D eigenvalue weighted by Crippen LogP contribution is -2.37. The fraction of sp³-hybridized carbons (Fsp3) is 0.667. The van der Waals surface area contributed by atoms with Crippen molar-refractivity contribution in [3.63, 3.8) is 0 Å². The van der Waals surface area contributed by atoms with Crippen molar-refractivity contribution in [3.05, 3.63) is 20.3 Å². The zero-order chi connectivity index (χ0) is 12.4. The van der Waals surface area contributed by atoms with E-state index >= 15 is 0 Å². The highest BCUT2D eigenvalue weighted by Crippen LogP contribution is 2.27. The van der Waals surface area contributed by atoms with Crippen molar-refractivity contribution in [2.75, 3.05) is 18.0 Å². The SMILES string of the molecule is CC(C)C1CCN(c2nc[nH]c(=O)c2I)CC1. The van der Waals surface area contributed by atoms with Crippen LogP contribution in [0.2, 0.25) is 0 Å². The molecule has 0 saturated carbocycles. The largest absolute Gasteiger partial charge is 0.356 e. The van der Waals surface area contributed by atoms with Crippen molar-refractivity contribution in [2.45, 2.75) is 26.7 Å². The first-order valence-electron chi connectivity index (χ1n) is 6.07. The summed E-state index contributed by atoms with van der Waals surface area (Å²) in [6, 6.07) is 0. The van der Waals surface area contributed by atoms with E-state index in [1.807, 2.05) is 0 Å². The Labute approximate surface area is 115 Å². The van der Waals surface area contributed by atoms with E-state index < -0.39 is 0 Å². The van der Waals surface area contributed by atoms with Crippen LogP contribution >= 0.6 is 22.6 Å². The molecule has 0 amide bonds. The summed E-state index contributed by atoms with van der Waals surface area (Å²) in [7, 11) is 0. The number of H-pyrrole nitrogens is 1. The molecular formula is C12H18IN3O. The molecule has 17 heavy (non-hydrogen) atoms. The van der Waals surface area contributed by atoms with Gasteiger partial charge in [0, 0.05) is 13.1 Å². The molecule has 1 fully saturated rings. The lowest BCUT2D eigenvalue weighted by molar-refractivity contribution is 0.310. The lowest BCUT2D eigenvalue weighted by Gasteiger charge is -2.34. The predicted octanol–water partition coefficient (Wildman–Crippen LogP) is 2.25. The van der Waals surface area contributed by atoms with E-state index in [-0.39, 0.29) is 5.56 Å². The van der Waals surface area contributed by atoms with E-state index in [4.69, 9.17) is 0 Å². The van der Waals surface area contributed by atoms with E-state index in [2.05, 4.69) is 51.3 Å². The molecule has 1 aliphatic heterocycles. The summed E-state index contributed by atoms with van der Waals surface area (Å²) < 4.78 is 0.702. The van der Waals surface area contributed by atoms with E-state index in [1.165, 1.54) is 19.2 Å². The fourth-order valence-corrected chi connectivity index (χ4v) is 3.01. The Balaban J connectivity index is 2.11. The standard InChI is InChI=1S/C12H18IN3O/c1-8(2)9-3-5-16(6-4-9)11-10(13)12(17)15-7-14-11/h7-9H,3-6H2,1-2H3,(H,14,15,17). The molecule has 4 nitrogen and oxygen atoms in total. The van der Waals surface area contributed by atoms with Crippen LogP contribution in [-0.2, 0) is 0 Å². The van der Waals surface area contributed by atoms with Crippen molar-refractivity contribution in [1.82, 2.24) is 9.97 Å². The topological polar surface area (TPSA) is 49.0 Å². The molecule has 0 aromatic carbocycles. The van der Waals surface area contributed by atoms with Crippen LogP contribution in [0.3, 0.4) is 0 Å². The van der Waals surface area contributed by atoms with Crippen LogP contribution in [0.15, 0.2) is 11.1 Å². The molecule has 0 spiro atoms. The van der Waals surface area contributed by atoms with Crippen LogP contribution in [-0.4, -0.2) is 23.1 Å². The average Bonchev–Trinajstić information content (AvgIpc) is 2.33. The van der Waals surface area contributed by atoms with E-state index in [1.54, 1.807) is 0 Å². The van der Waals surface area contributed by atoms with Gasteiger partial charge in [-0.25, -0.2) is 4.98 Å². The minimum Gasteiger partial charge on any atom is -0.356 e. The van der Waals surface area contributed by atoms with Crippen molar-refractivity contribution in [2.24, 2.45) is 11.8 Å². The minimum absolute atomic E-state index is 0.0402. The van der Waals surface area contributed by atoms with Crippen LogP contribution in [0.1, 0.15) is 26.7 Å². The lowest BCUT2D eigenvalue weighted by atomic mass is 9.87. The maximum absolute atomic E-state index is 11.5. The molecule has 1 saturated heterocycles. The van der Waals surface area contributed by atoms with Crippen molar-refractivity contribution >= 4 is 28.4 Å². The molecule has 2 heterocycles. The molecule has 5 heteroatoms. The van der Waals surface area contributed by atoms with Gasteiger partial charge in [0.25, 0.3) is 5.56 Å². The molecule has 94 valence electrons. The highest BCUT2D eigenvalue weighted by molar-refractivity contribution is 14.1. The second-order valence-electron chi connectivity index (χ2n) is 4.94. The Kier molecular flexibility index (Phi) is 4.06. The summed E-state index contributed by atoms with van der Waals surface area (Å²) in [5.74, 6) is 2.41. The molecule has 1 N–H and O–H groups in total. The van der Waals surface area contributed by atoms with E-state index in [0.29, 0.717) is 3.57 Å². The Morgan fingerprint density at radius 1 is 1.47 bits per heavy atom. The van der Waals surface area contributed by atoms with Gasteiger partial charge in [0.05, 0.1) is 6.33 Å². The molecule has 0 aliphatic carbocycles. The summed E-state index contributed by atoms with van der Waals surface area (Å²) in [6.45, 7) is 6.59. The number of nitrogens with zero attached hydrogens (tertiary/aromatic N) is 2. The van der Waals surface area contributed by atoms with Crippen LogP contribution in [0, 0.1) is 15.4 Å². The molecule has 0 radical (unpaired) electrons. The fourth-order valence-electron chi connectivity index (χ4n) is 2.37. The third kappa shape index (κ3) is 2.81. The summed E-state index contributed by atoms with van der Waals surface area (Å²) in [5.41, 5.74) is -0.0402. The summed E-state index contributed by atoms with van der Waals surface area (Å²) >= 11 is 2.08. The number of nitrogens with one attached hydrogen (secondary N) is 1. The Morgan fingerprint density at radius 2 is 2.12 bits per heavy atom. The van der Waals surface area contributed by atoms with Crippen molar-refractivity contribution in [3.8, 4) is 0 Å². The molecule has 1 aromatic rings. The van der Waals surface area contributed by atoms with Crippen LogP contribution in [0.4, 0.5) is 5.82 Å². The molecule has 0 atom stereocenters. The van der Waals surface area contributed by atoms with Crippen LogP contribution < -0.4 is 10.5 Å². The van der Waals surface area contributed by atoms with Gasteiger partial charge in [0.2, 0.25) is 0 Å². The first kappa shape index (κ1) is 12.9. The Morgan fingerprint density at radius 3 is 2.71 bits per heavy atom. The molecule has 0 unspecified atom stereocenters. The second kappa shape index (κ2) is 5.37. The monoisotopic (exact) mass is 347 g/mol. The smallest absolute Gasteiger partial charge is 0.266 e. The predicted molar refractivity (Wildman–Crippen MR) is 77.3 cm³/mol. The second-order valence-corrected chi connectivity index (χ2v) is 6.02. The van der Waals surface area contributed by atoms with Gasteiger partial charge in [-0.3, -0.25) is 4.79 Å². The number of aromatic amines is 1. The highest BCUT2D eigenvalue weighted by Gasteiger charge is 2.23. The van der Waals surface area contributed by atoms with Gasteiger partial charge in [-0.05, 0) is 47.3 Å². The first-order chi connectivity index (χ1) is 8.09. The number of aromatic nitrogens is 2.